The van der Waals surface area contributed by atoms with Crippen LogP contribution >= 0.6 is 0 Å². The summed E-state index contributed by atoms with van der Waals surface area (Å²) in [6, 6.07) is 1.90. The van der Waals surface area contributed by atoms with Crippen LogP contribution in [0.2, 0.25) is 0 Å². The molecule has 3 heteroatoms. The monoisotopic (exact) mass is 176 g/mol. The van der Waals surface area contributed by atoms with Crippen LogP contribution in [-0.2, 0) is 5.41 Å². The minimum atomic E-state index is 0.0103. The third-order valence-electron chi connectivity index (χ3n) is 1.99. The Bertz CT molecular complexity index is 426. The minimum absolute atomic E-state index is 0.0103. The van der Waals surface area contributed by atoms with Gasteiger partial charge in [0.05, 0.1) is 5.69 Å². The van der Waals surface area contributed by atoms with Gasteiger partial charge in [0.2, 0.25) is 0 Å². The predicted octanol–water partition coefficient (Wildman–Crippen LogP) is 2.52. The van der Waals surface area contributed by atoms with Crippen LogP contribution in [0.1, 0.15) is 26.5 Å². The molecule has 0 amide bonds. The van der Waals surface area contributed by atoms with Crippen molar-refractivity contribution in [1.82, 2.24) is 10.1 Å². The van der Waals surface area contributed by atoms with Crippen LogP contribution in [0.4, 0.5) is 0 Å². The predicted molar refractivity (Wildman–Crippen MR) is 50.5 cm³/mol. The number of aromatic nitrogens is 2. The van der Waals surface area contributed by atoms with E-state index < -0.39 is 0 Å². The summed E-state index contributed by atoms with van der Waals surface area (Å²) in [6.07, 6.45) is 3.44. The summed E-state index contributed by atoms with van der Waals surface area (Å²) in [4.78, 5) is 4.33. The highest BCUT2D eigenvalue weighted by Crippen LogP contribution is 2.26. The van der Waals surface area contributed by atoms with Crippen LogP contribution in [0, 0.1) is 0 Å². The van der Waals surface area contributed by atoms with Gasteiger partial charge in [-0.25, -0.2) is 0 Å². The fraction of sp³-hybridized carbons (Fsp3) is 0.400. The molecule has 2 heterocycles. The van der Waals surface area contributed by atoms with Crippen molar-refractivity contribution >= 4 is 10.9 Å². The lowest BCUT2D eigenvalue weighted by atomic mass is 9.90. The molecule has 0 N–H and O–H groups in total. The van der Waals surface area contributed by atoms with E-state index in [2.05, 4.69) is 30.9 Å². The average Bonchev–Trinajstić information content (AvgIpc) is 2.48. The normalized spacial score (nSPS) is 12.2. The van der Waals surface area contributed by atoms with Crippen molar-refractivity contribution in [2.24, 2.45) is 0 Å². The highest BCUT2D eigenvalue weighted by atomic mass is 16.5. The lowest BCUT2D eigenvalue weighted by Gasteiger charge is -2.16. The van der Waals surface area contributed by atoms with Gasteiger partial charge in [-0.3, -0.25) is 4.98 Å². The van der Waals surface area contributed by atoms with Crippen LogP contribution in [0.25, 0.3) is 10.9 Å². The summed E-state index contributed by atoms with van der Waals surface area (Å²) in [5, 5.41) is 4.96. The Morgan fingerprint density at radius 2 is 2.08 bits per heavy atom. The van der Waals surface area contributed by atoms with Gasteiger partial charge in [0.15, 0.2) is 0 Å². The number of nitrogens with zero attached hydrogens (tertiary/aromatic N) is 2. The molecule has 0 saturated carbocycles. The number of rotatable bonds is 0. The van der Waals surface area contributed by atoms with Gasteiger partial charge in [-0.2, -0.15) is 0 Å². The van der Waals surface area contributed by atoms with Crippen molar-refractivity contribution in [3.8, 4) is 0 Å². The minimum Gasteiger partial charge on any atom is -0.363 e. The second-order valence-electron chi connectivity index (χ2n) is 4.16. The summed E-state index contributed by atoms with van der Waals surface area (Å²) in [7, 11) is 0. The van der Waals surface area contributed by atoms with E-state index in [1.807, 2.05) is 6.07 Å². The Morgan fingerprint density at radius 1 is 1.31 bits per heavy atom. The van der Waals surface area contributed by atoms with Crippen LogP contribution in [-0.4, -0.2) is 10.1 Å². The molecule has 3 nitrogen and oxygen atoms in total. The summed E-state index contributed by atoms with van der Waals surface area (Å²) < 4.78 is 4.91. The van der Waals surface area contributed by atoms with Gasteiger partial charge in [0, 0.05) is 17.0 Å². The Morgan fingerprint density at radius 3 is 2.77 bits per heavy atom. The van der Waals surface area contributed by atoms with E-state index in [1.165, 1.54) is 0 Å². The Labute approximate surface area is 76.8 Å². The number of fused-ring (bicyclic) bond motifs is 1. The fourth-order valence-electron chi connectivity index (χ4n) is 1.34. The zero-order valence-corrected chi connectivity index (χ0v) is 8.03. The third kappa shape index (κ3) is 1.30. The smallest absolute Gasteiger partial charge is 0.135 e. The van der Waals surface area contributed by atoms with E-state index in [1.54, 1.807) is 12.5 Å². The van der Waals surface area contributed by atoms with Crippen molar-refractivity contribution in [1.29, 1.82) is 0 Å². The lowest BCUT2D eigenvalue weighted by molar-refractivity contribution is 0.426. The van der Waals surface area contributed by atoms with Gasteiger partial charge in [-0.15, -0.1) is 0 Å². The van der Waals surface area contributed by atoms with Gasteiger partial charge in [0.1, 0.15) is 11.8 Å². The number of hydrogen-bond acceptors (Lipinski definition) is 3. The van der Waals surface area contributed by atoms with Crippen LogP contribution in [0.15, 0.2) is 23.0 Å². The van der Waals surface area contributed by atoms with E-state index in [4.69, 9.17) is 4.52 Å². The molecule has 0 aliphatic carbocycles. The number of pyridine rings is 1. The van der Waals surface area contributed by atoms with Gasteiger partial charge in [-0.1, -0.05) is 25.9 Å². The van der Waals surface area contributed by atoms with Gasteiger partial charge < -0.3 is 4.52 Å². The van der Waals surface area contributed by atoms with Crippen molar-refractivity contribution in [2.45, 2.75) is 26.2 Å². The van der Waals surface area contributed by atoms with Crippen LogP contribution in [0.3, 0.4) is 0 Å². The molecule has 0 aliphatic rings. The first-order valence-electron chi connectivity index (χ1n) is 4.28. The van der Waals surface area contributed by atoms with Crippen molar-refractivity contribution in [3.63, 3.8) is 0 Å². The van der Waals surface area contributed by atoms with Crippen molar-refractivity contribution in [2.75, 3.05) is 0 Å². The zero-order valence-electron chi connectivity index (χ0n) is 8.03. The molecule has 0 unspecified atom stereocenters. The summed E-state index contributed by atoms with van der Waals surface area (Å²) in [6.45, 7) is 6.34. The van der Waals surface area contributed by atoms with Gasteiger partial charge in [0.25, 0.3) is 0 Å². The Balaban J connectivity index is 2.75. The SMILES string of the molecule is CC(C)(C)c1nccc2conc12. The lowest BCUT2D eigenvalue weighted by Crippen LogP contribution is -2.13. The second kappa shape index (κ2) is 2.55. The van der Waals surface area contributed by atoms with Gasteiger partial charge in [-0.05, 0) is 6.07 Å². The largest absolute Gasteiger partial charge is 0.363 e. The van der Waals surface area contributed by atoms with Crippen molar-refractivity contribution < 1.29 is 4.52 Å². The molecule has 0 fully saturated rings. The van der Waals surface area contributed by atoms with Crippen LogP contribution < -0.4 is 0 Å². The molecule has 0 spiro atoms. The Hall–Kier alpha value is -1.38. The standard InChI is InChI=1S/C10H12N2O/c1-10(2,3)9-8-7(4-5-11-9)6-13-12-8/h4-6H,1-3H3. The first-order chi connectivity index (χ1) is 6.09. The topological polar surface area (TPSA) is 38.9 Å². The molecule has 0 atom stereocenters. The van der Waals surface area contributed by atoms with E-state index in [0.717, 1.165) is 16.6 Å². The molecule has 0 aliphatic heterocycles. The molecule has 13 heavy (non-hydrogen) atoms. The first-order valence-corrected chi connectivity index (χ1v) is 4.28. The molecule has 2 aromatic heterocycles. The van der Waals surface area contributed by atoms with Crippen LogP contribution in [0.5, 0.6) is 0 Å². The molecule has 68 valence electrons. The molecule has 2 aromatic rings. The van der Waals surface area contributed by atoms with E-state index in [-0.39, 0.29) is 5.41 Å². The van der Waals surface area contributed by atoms with Gasteiger partial charge >= 0.3 is 0 Å². The molecular formula is C10H12N2O. The zero-order chi connectivity index (χ0) is 9.47. The molecule has 0 radical (unpaired) electrons. The average molecular weight is 176 g/mol. The molecule has 0 bridgehead atoms. The second-order valence-corrected chi connectivity index (χ2v) is 4.16. The van der Waals surface area contributed by atoms with E-state index in [0.29, 0.717) is 0 Å². The molecule has 2 rings (SSSR count). The van der Waals surface area contributed by atoms with Crippen molar-refractivity contribution in [3.05, 3.63) is 24.2 Å². The summed E-state index contributed by atoms with van der Waals surface area (Å²) in [5.74, 6) is 0. The maximum atomic E-state index is 4.91. The molecule has 0 saturated heterocycles. The third-order valence-corrected chi connectivity index (χ3v) is 1.99. The highest BCUT2D eigenvalue weighted by Gasteiger charge is 2.20. The maximum absolute atomic E-state index is 4.91. The number of hydrogen-bond donors (Lipinski definition) is 0. The summed E-state index contributed by atoms with van der Waals surface area (Å²) in [5.41, 5.74) is 1.87. The van der Waals surface area contributed by atoms with E-state index >= 15 is 0 Å². The Kier molecular flexibility index (Phi) is 1.62. The highest BCUT2D eigenvalue weighted by molar-refractivity contribution is 5.79. The first kappa shape index (κ1) is 8.23. The quantitative estimate of drug-likeness (QED) is 0.619. The maximum Gasteiger partial charge on any atom is 0.135 e. The van der Waals surface area contributed by atoms with E-state index in [9.17, 15) is 0 Å². The summed E-state index contributed by atoms with van der Waals surface area (Å²) >= 11 is 0. The molecule has 0 aromatic carbocycles. The fourth-order valence-corrected chi connectivity index (χ4v) is 1.34. The molecular weight excluding hydrogens is 164 g/mol.